The molecular weight excluding hydrogens is 520 g/mol. The number of amidine groups is 1. The minimum absolute atomic E-state index is 0.0945. The van der Waals surface area contributed by atoms with Crippen molar-refractivity contribution in [1.29, 1.82) is 0 Å². The molecule has 0 aliphatic carbocycles. The molecule has 0 fully saturated rings. The van der Waals surface area contributed by atoms with Crippen molar-refractivity contribution in [1.82, 2.24) is 15.2 Å². The average molecular weight is 553 g/mol. The van der Waals surface area contributed by atoms with Crippen LogP contribution in [0.15, 0.2) is 100 Å². The fraction of sp³-hybridized carbons (Fsp3) is 0.250. The second-order valence-corrected chi connectivity index (χ2v) is 10.7. The van der Waals surface area contributed by atoms with Crippen LogP contribution in [0.3, 0.4) is 0 Å². The normalized spacial score (nSPS) is 16.3. The Balaban J connectivity index is 1.39. The molecule has 8 heteroatoms. The molecule has 3 heterocycles. The second kappa shape index (κ2) is 12.3. The predicted octanol–water partition coefficient (Wildman–Crippen LogP) is 5.77. The molecule has 3 aromatic rings. The van der Waals surface area contributed by atoms with Crippen LogP contribution in [0.4, 0.5) is 0 Å². The largest absolute Gasteiger partial charge is 0.457 e. The molecule has 5 rings (SSSR count). The van der Waals surface area contributed by atoms with Gasteiger partial charge >= 0.3 is 5.97 Å². The number of aromatic nitrogens is 1. The van der Waals surface area contributed by atoms with Crippen LogP contribution in [0.2, 0.25) is 0 Å². The summed E-state index contributed by atoms with van der Waals surface area (Å²) in [5, 5.41) is 5.72. The number of thioether (sulfide) groups is 1. The van der Waals surface area contributed by atoms with E-state index in [-0.39, 0.29) is 18.9 Å². The van der Waals surface area contributed by atoms with Crippen LogP contribution in [0.1, 0.15) is 47.3 Å². The third-order valence-corrected chi connectivity index (χ3v) is 7.81. The van der Waals surface area contributed by atoms with Gasteiger partial charge in [-0.3, -0.25) is 9.78 Å². The third kappa shape index (κ3) is 6.18. The number of nitrogens with one attached hydrogen (secondary N) is 1. The van der Waals surface area contributed by atoms with Crippen molar-refractivity contribution in [2.24, 2.45) is 4.99 Å². The lowest BCUT2D eigenvalue weighted by molar-refractivity contribution is -0.141. The van der Waals surface area contributed by atoms with Crippen LogP contribution < -0.4 is 5.32 Å². The number of carbonyl (C=O) groups excluding carboxylic acids is 2. The van der Waals surface area contributed by atoms with Crippen molar-refractivity contribution in [2.75, 3.05) is 6.54 Å². The van der Waals surface area contributed by atoms with Crippen molar-refractivity contribution < 1.29 is 14.3 Å². The quantitative estimate of drug-likeness (QED) is 0.340. The highest BCUT2D eigenvalue weighted by atomic mass is 32.2. The molecule has 7 nitrogen and oxygen atoms in total. The maximum absolute atomic E-state index is 13.6. The van der Waals surface area contributed by atoms with Crippen LogP contribution in [0, 0.1) is 13.8 Å². The number of hydrogen-bond donors (Lipinski definition) is 1. The van der Waals surface area contributed by atoms with Gasteiger partial charge in [0.25, 0.3) is 0 Å². The van der Waals surface area contributed by atoms with Crippen molar-refractivity contribution in [3.63, 3.8) is 0 Å². The molecule has 2 aromatic carbocycles. The third-order valence-electron chi connectivity index (χ3n) is 6.92. The van der Waals surface area contributed by atoms with Gasteiger partial charge in [-0.25, -0.2) is 9.79 Å². The number of aryl methyl sites for hydroxylation is 2. The number of ether oxygens (including phenoxy) is 1. The molecular formula is C32H32N4O3S. The number of benzene rings is 2. The minimum Gasteiger partial charge on any atom is -0.457 e. The zero-order valence-electron chi connectivity index (χ0n) is 22.9. The predicted molar refractivity (Wildman–Crippen MR) is 158 cm³/mol. The van der Waals surface area contributed by atoms with E-state index in [1.54, 1.807) is 6.20 Å². The highest BCUT2D eigenvalue weighted by Gasteiger charge is 2.41. The van der Waals surface area contributed by atoms with Gasteiger partial charge in [0.2, 0.25) is 5.91 Å². The van der Waals surface area contributed by atoms with Crippen LogP contribution in [0.25, 0.3) is 0 Å². The Morgan fingerprint density at radius 1 is 1.02 bits per heavy atom. The molecule has 0 bridgehead atoms. The second-order valence-electron chi connectivity index (χ2n) is 9.91. The summed E-state index contributed by atoms with van der Waals surface area (Å²) in [5.41, 5.74) is 6.92. The summed E-state index contributed by atoms with van der Waals surface area (Å²) in [4.78, 5) is 37.8. The summed E-state index contributed by atoms with van der Waals surface area (Å²) < 4.78 is 5.81. The van der Waals surface area contributed by atoms with Gasteiger partial charge in [0.05, 0.1) is 23.7 Å². The molecule has 204 valence electrons. The Morgan fingerprint density at radius 3 is 2.58 bits per heavy atom. The number of fused-ring (bicyclic) bond motifs is 1. The van der Waals surface area contributed by atoms with Gasteiger partial charge in [-0.15, -0.1) is 0 Å². The minimum atomic E-state index is -0.459. The lowest BCUT2D eigenvalue weighted by Crippen LogP contribution is -2.38. The first-order valence-corrected chi connectivity index (χ1v) is 14.2. The van der Waals surface area contributed by atoms with E-state index >= 15 is 0 Å². The Hall–Kier alpha value is -4.17. The highest BCUT2D eigenvalue weighted by Crippen LogP contribution is 2.45. The Bertz CT molecular complexity index is 1500. The number of nitrogens with zero attached hydrogens (tertiary/aromatic N) is 3. The average Bonchev–Trinajstić information content (AvgIpc) is 3.34. The van der Waals surface area contributed by atoms with E-state index in [0.29, 0.717) is 24.2 Å². The SMILES string of the molecule is CC1=C(C(=O)OCc2ccccc2)C(c2ccc(C)cc2C)N2C(CC(=O)NCCc3ccccn3)=CSC2=N1. The Labute approximate surface area is 239 Å². The zero-order valence-corrected chi connectivity index (χ0v) is 23.7. The Morgan fingerprint density at radius 2 is 1.82 bits per heavy atom. The molecule has 40 heavy (non-hydrogen) atoms. The smallest absolute Gasteiger partial charge is 0.338 e. The number of rotatable bonds is 9. The van der Waals surface area contributed by atoms with Crippen molar-refractivity contribution in [3.8, 4) is 0 Å². The van der Waals surface area contributed by atoms with Gasteiger partial charge in [0.1, 0.15) is 6.61 Å². The summed E-state index contributed by atoms with van der Waals surface area (Å²) in [6.07, 6.45) is 2.57. The number of carbonyl (C=O) groups is 2. The lowest BCUT2D eigenvalue weighted by Gasteiger charge is -2.37. The van der Waals surface area contributed by atoms with Crippen LogP contribution in [0.5, 0.6) is 0 Å². The molecule has 0 spiro atoms. The number of hydrogen-bond acceptors (Lipinski definition) is 7. The summed E-state index contributed by atoms with van der Waals surface area (Å²) >= 11 is 1.47. The maximum atomic E-state index is 13.6. The van der Waals surface area contributed by atoms with E-state index < -0.39 is 12.0 Å². The molecule has 0 radical (unpaired) electrons. The van der Waals surface area contributed by atoms with E-state index in [1.165, 1.54) is 11.8 Å². The molecule has 1 atom stereocenters. The fourth-order valence-corrected chi connectivity index (χ4v) is 5.93. The van der Waals surface area contributed by atoms with Crippen LogP contribution in [-0.4, -0.2) is 33.5 Å². The Kier molecular flexibility index (Phi) is 8.45. The number of pyridine rings is 1. The fourth-order valence-electron chi connectivity index (χ4n) is 4.96. The summed E-state index contributed by atoms with van der Waals surface area (Å²) in [6.45, 7) is 6.61. The first-order chi connectivity index (χ1) is 19.4. The zero-order chi connectivity index (χ0) is 28.1. The first-order valence-electron chi connectivity index (χ1n) is 13.3. The van der Waals surface area contributed by atoms with E-state index in [2.05, 4.69) is 22.4 Å². The standard InChI is InChI=1S/C32H32N4O3S/c1-21-12-13-27(22(2)17-21)30-29(31(38)39-19-24-9-5-4-6-10-24)23(3)35-32-36(30)26(20-40-32)18-28(37)34-16-14-25-11-7-8-15-33-25/h4-13,15,17,20,30H,14,16,18-19H2,1-3H3,(H,34,37). The van der Waals surface area contributed by atoms with Gasteiger partial charge in [-0.2, -0.15) is 0 Å². The van der Waals surface area contributed by atoms with Gasteiger partial charge < -0.3 is 15.0 Å². The van der Waals surface area contributed by atoms with Crippen molar-refractivity contribution >= 4 is 28.8 Å². The topological polar surface area (TPSA) is 83.9 Å². The monoisotopic (exact) mass is 552 g/mol. The first kappa shape index (κ1) is 27.4. The molecule has 1 N–H and O–H groups in total. The van der Waals surface area contributed by atoms with Crippen LogP contribution >= 0.6 is 11.8 Å². The van der Waals surface area contributed by atoms with Gasteiger partial charge in [0.15, 0.2) is 5.17 Å². The highest BCUT2D eigenvalue weighted by molar-refractivity contribution is 8.16. The molecule has 2 aliphatic heterocycles. The van der Waals surface area contributed by atoms with E-state index in [4.69, 9.17) is 9.73 Å². The van der Waals surface area contributed by atoms with Gasteiger partial charge in [-0.1, -0.05) is 71.9 Å². The van der Waals surface area contributed by atoms with E-state index in [1.807, 2.05) is 85.7 Å². The summed E-state index contributed by atoms with van der Waals surface area (Å²) in [5.74, 6) is -0.506. The molecule has 0 saturated heterocycles. The van der Waals surface area contributed by atoms with E-state index in [0.717, 1.165) is 38.8 Å². The molecule has 1 amide bonds. The van der Waals surface area contributed by atoms with Crippen LogP contribution in [-0.2, 0) is 27.4 Å². The number of allylic oxidation sites excluding steroid dienone is 1. The van der Waals surface area contributed by atoms with Crippen molar-refractivity contribution in [3.05, 3.63) is 123 Å². The van der Waals surface area contributed by atoms with E-state index in [9.17, 15) is 9.59 Å². The number of aliphatic imine (C=N–C) groups is 1. The van der Waals surface area contributed by atoms with Gasteiger partial charge in [0, 0.05) is 30.6 Å². The summed E-state index contributed by atoms with van der Waals surface area (Å²) in [6, 6.07) is 21.1. The molecule has 0 saturated carbocycles. The maximum Gasteiger partial charge on any atom is 0.338 e. The lowest BCUT2D eigenvalue weighted by atomic mass is 9.90. The summed E-state index contributed by atoms with van der Waals surface area (Å²) in [7, 11) is 0. The number of esters is 1. The number of amides is 1. The van der Waals surface area contributed by atoms with Crippen molar-refractivity contribution in [2.45, 2.75) is 46.3 Å². The molecule has 1 unspecified atom stereocenters. The van der Waals surface area contributed by atoms with Gasteiger partial charge in [-0.05, 0) is 55.0 Å². The molecule has 2 aliphatic rings. The molecule has 1 aromatic heterocycles.